The van der Waals surface area contributed by atoms with Gasteiger partial charge >= 0.3 is 0 Å². The zero-order valence-electron chi connectivity index (χ0n) is 8.79. The van der Waals surface area contributed by atoms with Gasteiger partial charge in [0.2, 0.25) is 0 Å². The minimum Gasteiger partial charge on any atom is -0.321 e. The van der Waals surface area contributed by atoms with Crippen LogP contribution in [0, 0.1) is 17.8 Å². The number of rotatable bonds is 4. The van der Waals surface area contributed by atoms with Crippen molar-refractivity contribution in [2.45, 2.75) is 40.7 Å². The third kappa shape index (κ3) is 2.94. The highest BCUT2D eigenvalue weighted by molar-refractivity contribution is 5.85. The fraction of sp³-hybridized carbons (Fsp3) is 0.900. The Kier molecular flexibility index (Phi) is 4.46. The van der Waals surface area contributed by atoms with Crippen LogP contribution >= 0.6 is 0 Å². The van der Waals surface area contributed by atoms with E-state index in [9.17, 15) is 4.79 Å². The first-order valence-corrected chi connectivity index (χ1v) is 4.67. The Hall–Kier alpha value is -0.370. The van der Waals surface area contributed by atoms with E-state index in [0.717, 1.165) is 0 Å². The highest BCUT2D eigenvalue weighted by Crippen LogP contribution is 2.15. The van der Waals surface area contributed by atoms with Gasteiger partial charge in [-0.15, -0.1) is 0 Å². The second kappa shape index (κ2) is 4.61. The molecule has 0 fully saturated rings. The monoisotopic (exact) mass is 171 g/mol. The van der Waals surface area contributed by atoms with Crippen molar-refractivity contribution >= 4 is 5.78 Å². The first kappa shape index (κ1) is 11.6. The topological polar surface area (TPSA) is 43.1 Å². The molecule has 0 aliphatic rings. The molecule has 0 aromatic carbocycles. The van der Waals surface area contributed by atoms with E-state index in [-0.39, 0.29) is 23.7 Å². The molecule has 0 aliphatic heterocycles. The number of Topliss-reactive ketones (excluding diaryl/α,β-unsaturated/α-hetero) is 1. The summed E-state index contributed by atoms with van der Waals surface area (Å²) in [5.41, 5.74) is 5.81. The van der Waals surface area contributed by atoms with Crippen molar-refractivity contribution in [1.29, 1.82) is 0 Å². The molecule has 2 nitrogen and oxygen atoms in total. The molecular formula is C10H21NO. The summed E-state index contributed by atoms with van der Waals surface area (Å²) < 4.78 is 0. The van der Waals surface area contributed by atoms with E-state index in [1.54, 1.807) is 0 Å². The van der Waals surface area contributed by atoms with Gasteiger partial charge in [-0.3, -0.25) is 4.79 Å². The molecule has 12 heavy (non-hydrogen) atoms. The molecule has 0 aliphatic carbocycles. The van der Waals surface area contributed by atoms with Crippen LogP contribution in [0.4, 0.5) is 0 Å². The summed E-state index contributed by atoms with van der Waals surface area (Å²) in [5, 5.41) is 0. The molecular weight excluding hydrogens is 150 g/mol. The zero-order chi connectivity index (χ0) is 9.89. The third-order valence-electron chi connectivity index (χ3n) is 2.52. The highest BCUT2D eigenvalue weighted by Gasteiger charge is 2.24. The number of nitrogens with two attached hydrogens (primary N) is 1. The second-order valence-corrected chi connectivity index (χ2v) is 4.19. The van der Waals surface area contributed by atoms with E-state index in [1.807, 2.05) is 20.8 Å². The molecule has 2 heteroatoms. The predicted molar refractivity (Wildman–Crippen MR) is 51.8 cm³/mol. The summed E-state index contributed by atoms with van der Waals surface area (Å²) in [7, 11) is 0. The SMILES string of the molecule is CC(C)C(=O)[C@H](N)[C@H](C)C(C)C. The molecule has 0 unspecified atom stereocenters. The van der Waals surface area contributed by atoms with Crippen LogP contribution in [0.1, 0.15) is 34.6 Å². The molecule has 0 rings (SSSR count). The highest BCUT2D eigenvalue weighted by atomic mass is 16.1. The number of carbonyl (C=O) groups excluding carboxylic acids is 1. The maximum Gasteiger partial charge on any atom is 0.152 e. The molecule has 0 radical (unpaired) electrons. The summed E-state index contributed by atoms with van der Waals surface area (Å²) >= 11 is 0. The van der Waals surface area contributed by atoms with Crippen molar-refractivity contribution in [3.05, 3.63) is 0 Å². The van der Waals surface area contributed by atoms with E-state index in [0.29, 0.717) is 5.92 Å². The molecule has 0 aromatic rings. The van der Waals surface area contributed by atoms with Gasteiger partial charge in [-0.2, -0.15) is 0 Å². The minimum atomic E-state index is -0.287. The summed E-state index contributed by atoms with van der Waals surface area (Å²) in [6, 6.07) is -0.287. The Labute approximate surface area is 75.5 Å². The van der Waals surface area contributed by atoms with Crippen molar-refractivity contribution in [2.75, 3.05) is 0 Å². The van der Waals surface area contributed by atoms with E-state index in [4.69, 9.17) is 5.73 Å². The Morgan fingerprint density at radius 3 is 1.75 bits per heavy atom. The van der Waals surface area contributed by atoms with Crippen LogP contribution in [-0.2, 0) is 4.79 Å². The predicted octanol–water partition coefficient (Wildman–Crippen LogP) is 1.83. The average Bonchev–Trinajstić information content (AvgIpc) is 2.00. The number of hydrogen-bond donors (Lipinski definition) is 1. The van der Waals surface area contributed by atoms with E-state index in [2.05, 4.69) is 13.8 Å². The number of ketones is 1. The maximum absolute atomic E-state index is 11.5. The van der Waals surface area contributed by atoms with Crippen molar-refractivity contribution in [1.82, 2.24) is 0 Å². The lowest BCUT2D eigenvalue weighted by Crippen LogP contribution is -2.41. The summed E-state index contributed by atoms with van der Waals surface area (Å²) in [6.07, 6.45) is 0. The lowest BCUT2D eigenvalue weighted by atomic mass is 9.85. The van der Waals surface area contributed by atoms with E-state index < -0.39 is 0 Å². The lowest BCUT2D eigenvalue weighted by Gasteiger charge is -2.23. The molecule has 0 amide bonds. The van der Waals surface area contributed by atoms with Crippen LogP contribution in [0.15, 0.2) is 0 Å². The van der Waals surface area contributed by atoms with Crippen molar-refractivity contribution < 1.29 is 4.79 Å². The fourth-order valence-corrected chi connectivity index (χ4v) is 1.06. The average molecular weight is 171 g/mol. The third-order valence-corrected chi connectivity index (χ3v) is 2.52. The van der Waals surface area contributed by atoms with Crippen LogP contribution in [0.3, 0.4) is 0 Å². The molecule has 0 saturated carbocycles. The van der Waals surface area contributed by atoms with E-state index in [1.165, 1.54) is 0 Å². The van der Waals surface area contributed by atoms with Gasteiger partial charge < -0.3 is 5.73 Å². The van der Waals surface area contributed by atoms with Crippen LogP contribution in [-0.4, -0.2) is 11.8 Å². The first-order valence-electron chi connectivity index (χ1n) is 4.67. The van der Waals surface area contributed by atoms with Gasteiger partial charge in [-0.1, -0.05) is 34.6 Å². The Morgan fingerprint density at radius 2 is 1.50 bits per heavy atom. The molecule has 0 aromatic heterocycles. The van der Waals surface area contributed by atoms with Gasteiger partial charge in [-0.25, -0.2) is 0 Å². The Morgan fingerprint density at radius 1 is 1.08 bits per heavy atom. The second-order valence-electron chi connectivity index (χ2n) is 4.19. The first-order chi connectivity index (χ1) is 5.37. The molecule has 2 N–H and O–H groups in total. The summed E-state index contributed by atoms with van der Waals surface area (Å²) in [6.45, 7) is 10.0. The van der Waals surface area contributed by atoms with Gasteiger partial charge in [0.25, 0.3) is 0 Å². The van der Waals surface area contributed by atoms with Crippen LogP contribution in [0.5, 0.6) is 0 Å². The Bertz CT molecular complexity index is 152. The normalized spacial score (nSPS) is 16.7. The number of carbonyl (C=O) groups is 1. The van der Waals surface area contributed by atoms with Crippen LogP contribution < -0.4 is 5.73 Å². The Balaban J connectivity index is 4.19. The van der Waals surface area contributed by atoms with Gasteiger partial charge in [0.05, 0.1) is 6.04 Å². The van der Waals surface area contributed by atoms with Crippen molar-refractivity contribution in [2.24, 2.45) is 23.5 Å². The van der Waals surface area contributed by atoms with Crippen LogP contribution in [0.25, 0.3) is 0 Å². The fourth-order valence-electron chi connectivity index (χ4n) is 1.06. The van der Waals surface area contributed by atoms with Crippen molar-refractivity contribution in [3.8, 4) is 0 Å². The molecule has 72 valence electrons. The standard InChI is InChI=1S/C10H21NO/c1-6(2)8(5)9(11)10(12)7(3)4/h6-9H,11H2,1-5H3/t8-,9-/m1/s1. The maximum atomic E-state index is 11.5. The molecule has 0 spiro atoms. The van der Waals surface area contributed by atoms with Crippen LogP contribution in [0.2, 0.25) is 0 Å². The quantitative estimate of drug-likeness (QED) is 0.701. The van der Waals surface area contributed by atoms with Gasteiger partial charge in [0, 0.05) is 5.92 Å². The zero-order valence-corrected chi connectivity index (χ0v) is 8.79. The molecule has 2 atom stereocenters. The van der Waals surface area contributed by atoms with Gasteiger partial charge in [0.1, 0.15) is 0 Å². The summed E-state index contributed by atoms with van der Waals surface area (Å²) in [5.74, 6) is 0.986. The molecule has 0 heterocycles. The molecule has 0 bridgehead atoms. The van der Waals surface area contributed by atoms with Gasteiger partial charge in [0.15, 0.2) is 5.78 Å². The minimum absolute atomic E-state index is 0.0567. The smallest absolute Gasteiger partial charge is 0.152 e. The van der Waals surface area contributed by atoms with Crippen molar-refractivity contribution in [3.63, 3.8) is 0 Å². The molecule has 0 saturated heterocycles. The number of hydrogen-bond acceptors (Lipinski definition) is 2. The largest absolute Gasteiger partial charge is 0.321 e. The lowest BCUT2D eigenvalue weighted by molar-refractivity contribution is -0.124. The summed E-state index contributed by atoms with van der Waals surface area (Å²) in [4.78, 5) is 11.5. The van der Waals surface area contributed by atoms with E-state index >= 15 is 0 Å². The van der Waals surface area contributed by atoms with Gasteiger partial charge in [-0.05, 0) is 11.8 Å².